The zero-order valence-corrected chi connectivity index (χ0v) is 13.3. The molecular formula is C18H21N5. The first-order valence-corrected chi connectivity index (χ1v) is 8.12. The van der Waals surface area contributed by atoms with Gasteiger partial charge in [0, 0.05) is 37.6 Å². The van der Waals surface area contributed by atoms with Crippen LogP contribution < -0.4 is 0 Å². The van der Waals surface area contributed by atoms with Gasteiger partial charge in [-0.1, -0.05) is 18.2 Å². The molecule has 0 N–H and O–H groups in total. The second kappa shape index (κ2) is 6.01. The predicted octanol–water partition coefficient (Wildman–Crippen LogP) is 2.94. The van der Waals surface area contributed by atoms with Gasteiger partial charge in [-0.25, -0.2) is 4.68 Å². The Hall–Kier alpha value is -2.40. The molecule has 0 spiro atoms. The average molecular weight is 307 g/mol. The van der Waals surface area contributed by atoms with E-state index in [4.69, 9.17) is 5.10 Å². The Labute approximate surface area is 136 Å². The van der Waals surface area contributed by atoms with Crippen molar-refractivity contribution in [3.05, 3.63) is 66.2 Å². The van der Waals surface area contributed by atoms with Crippen LogP contribution in [0.25, 0.3) is 5.69 Å². The third kappa shape index (κ3) is 2.92. The van der Waals surface area contributed by atoms with Gasteiger partial charge in [0.1, 0.15) is 0 Å². The van der Waals surface area contributed by atoms with Crippen LogP contribution in [0.4, 0.5) is 0 Å². The number of rotatable bonds is 4. The summed E-state index contributed by atoms with van der Waals surface area (Å²) in [6.07, 6.45) is 8.60. The molecule has 118 valence electrons. The minimum atomic E-state index is 0.463. The van der Waals surface area contributed by atoms with Crippen LogP contribution in [0, 0.1) is 0 Å². The third-order valence-electron chi connectivity index (χ3n) is 4.50. The first kappa shape index (κ1) is 14.2. The van der Waals surface area contributed by atoms with Crippen LogP contribution in [0.15, 0.2) is 55.0 Å². The molecule has 2 aromatic heterocycles. The van der Waals surface area contributed by atoms with Crippen molar-refractivity contribution >= 4 is 0 Å². The fourth-order valence-corrected chi connectivity index (χ4v) is 3.38. The summed E-state index contributed by atoms with van der Waals surface area (Å²) >= 11 is 0. The van der Waals surface area contributed by atoms with E-state index in [1.54, 1.807) is 0 Å². The standard InChI is InChI=1S/C18H21N5/c1-21-13-15(12-19-21)18-8-5-10-22(18)14-16-9-11-23(20-16)17-6-3-2-4-7-17/h2-4,6-7,9,11-13,18H,5,8,10,14H2,1H3/t18-/m1/s1. The molecule has 1 aliphatic heterocycles. The Morgan fingerprint density at radius 2 is 2.04 bits per heavy atom. The molecule has 0 amide bonds. The van der Waals surface area contributed by atoms with Crippen molar-refractivity contribution in [2.45, 2.75) is 25.4 Å². The molecule has 1 aliphatic rings. The summed E-state index contributed by atoms with van der Waals surface area (Å²) in [6, 6.07) is 12.8. The van der Waals surface area contributed by atoms with Crippen molar-refractivity contribution < 1.29 is 0 Å². The van der Waals surface area contributed by atoms with Crippen molar-refractivity contribution in [2.75, 3.05) is 6.54 Å². The lowest BCUT2D eigenvalue weighted by Crippen LogP contribution is -2.22. The lowest BCUT2D eigenvalue weighted by molar-refractivity contribution is 0.245. The van der Waals surface area contributed by atoms with Crippen molar-refractivity contribution in [3.63, 3.8) is 0 Å². The quantitative estimate of drug-likeness (QED) is 0.744. The molecule has 1 atom stereocenters. The minimum Gasteiger partial charge on any atom is -0.290 e. The van der Waals surface area contributed by atoms with Gasteiger partial charge in [-0.05, 0) is 37.6 Å². The van der Waals surface area contributed by atoms with E-state index in [9.17, 15) is 0 Å². The maximum absolute atomic E-state index is 4.73. The monoisotopic (exact) mass is 307 g/mol. The first-order chi connectivity index (χ1) is 11.3. The van der Waals surface area contributed by atoms with E-state index < -0.39 is 0 Å². The second-order valence-electron chi connectivity index (χ2n) is 6.16. The highest BCUT2D eigenvalue weighted by atomic mass is 15.3. The van der Waals surface area contributed by atoms with Gasteiger partial charge in [-0.15, -0.1) is 0 Å². The molecule has 1 aromatic carbocycles. The van der Waals surface area contributed by atoms with Gasteiger partial charge in [-0.2, -0.15) is 10.2 Å². The molecule has 0 bridgehead atoms. The summed E-state index contributed by atoms with van der Waals surface area (Å²) in [4.78, 5) is 2.51. The van der Waals surface area contributed by atoms with Gasteiger partial charge in [0.05, 0.1) is 17.6 Å². The first-order valence-electron chi connectivity index (χ1n) is 8.12. The van der Waals surface area contributed by atoms with Gasteiger partial charge < -0.3 is 0 Å². The van der Waals surface area contributed by atoms with Crippen LogP contribution >= 0.6 is 0 Å². The van der Waals surface area contributed by atoms with E-state index >= 15 is 0 Å². The normalized spacial score (nSPS) is 18.6. The van der Waals surface area contributed by atoms with E-state index in [0.717, 1.165) is 24.5 Å². The average Bonchev–Trinajstić information content (AvgIpc) is 3.29. The highest BCUT2D eigenvalue weighted by molar-refractivity contribution is 5.30. The number of aromatic nitrogens is 4. The molecule has 0 radical (unpaired) electrons. The molecule has 23 heavy (non-hydrogen) atoms. The number of para-hydroxylation sites is 1. The van der Waals surface area contributed by atoms with E-state index in [2.05, 4.69) is 34.4 Å². The molecule has 4 rings (SSSR count). The topological polar surface area (TPSA) is 38.9 Å². The van der Waals surface area contributed by atoms with Crippen LogP contribution in [-0.4, -0.2) is 31.0 Å². The van der Waals surface area contributed by atoms with Gasteiger partial charge in [0.2, 0.25) is 0 Å². The molecule has 0 saturated carbocycles. The van der Waals surface area contributed by atoms with Crippen molar-refractivity contribution in [3.8, 4) is 5.69 Å². The van der Waals surface area contributed by atoms with Crippen LogP contribution in [0.2, 0.25) is 0 Å². The molecule has 0 unspecified atom stereocenters. The van der Waals surface area contributed by atoms with E-state index in [1.165, 1.54) is 18.4 Å². The number of likely N-dealkylation sites (tertiary alicyclic amines) is 1. The SMILES string of the molecule is Cn1cc([C@H]2CCCN2Cc2ccn(-c3ccccc3)n2)cn1. The second-order valence-corrected chi connectivity index (χ2v) is 6.16. The Morgan fingerprint density at radius 1 is 1.17 bits per heavy atom. The summed E-state index contributed by atoms with van der Waals surface area (Å²) < 4.78 is 3.83. The van der Waals surface area contributed by atoms with Gasteiger partial charge in [0.15, 0.2) is 0 Å². The Bertz CT molecular complexity index is 774. The summed E-state index contributed by atoms with van der Waals surface area (Å²) in [5, 5.41) is 9.05. The fraction of sp³-hybridized carbons (Fsp3) is 0.333. The Kier molecular flexibility index (Phi) is 3.71. The molecule has 3 aromatic rings. The van der Waals surface area contributed by atoms with E-state index in [-0.39, 0.29) is 0 Å². The van der Waals surface area contributed by atoms with Crippen molar-refractivity contribution in [2.24, 2.45) is 7.05 Å². The number of benzene rings is 1. The number of nitrogens with zero attached hydrogens (tertiary/aromatic N) is 5. The number of aryl methyl sites for hydroxylation is 1. The molecule has 1 saturated heterocycles. The molecule has 3 heterocycles. The maximum atomic E-state index is 4.73. The van der Waals surface area contributed by atoms with Gasteiger partial charge >= 0.3 is 0 Å². The van der Waals surface area contributed by atoms with Crippen molar-refractivity contribution in [1.29, 1.82) is 0 Å². The van der Waals surface area contributed by atoms with Crippen LogP contribution in [-0.2, 0) is 13.6 Å². The molecule has 5 nitrogen and oxygen atoms in total. The smallest absolute Gasteiger partial charge is 0.0769 e. The molecular weight excluding hydrogens is 286 g/mol. The van der Waals surface area contributed by atoms with E-state index in [1.807, 2.05) is 47.0 Å². The molecule has 1 fully saturated rings. The predicted molar refractivity (Wildman–Crippen MR) is 89.2 cm³/mol. The zero-order valence-electron chi connectivity index (χ0n) is 13.3. The summed E-state index contributed by atoms with van der Waals surface area (Å²) in [7, 11) is 1.98. The number of hydrogen-bond acceptors (Lipinski definition) is 3. The lowest BCUT2D eigenvalue weighted by atomic mass is 10.1. The lowest BCUT2D eigenvalue weighted by Gasteiger charge is -2.22. The zero-order chi connectivity index (χ0) is 15.6. The van der Waals surface area contributed by atoms with Gasteiger partial charge in [0.25, 0.3) is 0 Å². The van der Waals surface area contributed by atoms with Crippen LogP contribution in [0.1, 0.15) is 30.1 Å². The molecule has 5 heteroatoms. The maximum Gasteiger partial charge on any atom is 0.0769 e. The largest absolute Gasteiger partial charge is 0.290 e. The third-order valence-corrected chi connectivity index (χ3v) is 4.50. The van der Waals surface area contributed by atoms with Gasteiger partial charge in [-0.3, -0.25) is 9.58 Å². The highest BCUT2D eigenvalue weighted by Gasteiger charge is 2.27. The fourth-order valence-electron chi connectivity index (χ4n) is 3.38. The Balaban J connectivity index is 1.50. The van der Waals surface area contributed by atoms with E-state index in [0.29, 0.717) is 6.04 Å². The highest BCUT2D eigenvalue weighted by Crippen LogP contribution is 2.32. The minimum absolute atomic E-state index is 0.463. The summed E-state index contributed by atoms with van der Waals surface area (Å²) in [6.45, 7) is 2.01. The number of hydrogen-bond donors (Lipinski definition) is 0. The Morgan fingerprint density at radius 3 is 2.83 bits per heavy atom. The van der Waals surface area contributed by atoms with Crippen molar-refractivity contribution in [1.82, 2.24) is 24.5 Å². The summed E-state index contributed by atoms with van der Waals surface area (Å²) in [5.41, 5.74) is 3.53. The van der Waals surface area contributed by atoms with Crippen LogP contribution in [0.5, 0.6) is 0 Å². The molecule has 0 aliphatic carbocycles. The van der Waals surface area contributed by atoms with Crippen LogP contribution in [0.3, 0.4) is 0 Å². The summed E-state index contributed by atoms with van der Waals surface area (Å²) in [5.74, 6) is 0.